The molecule has 2 aromatic rings. The SMILES string of the molecule is CCOc1ccc2c(C(=O)NCCN(C)C)cc(=O)oc2c1. The molecule has 6 heteroatoms. The lowest BCUT2D eigenvalue weighted by Gasteiger charge is -2.11. The van der Waals surface area contributed by atoms with Crippen LogP contribution >= 0.6 is 0 Å². The fourth-order valence-electron chi connectivity index (χ4n) is 2.08. The van der Waals surface area contributed by atoms with E-state index in [1.54, 1.807) is 18.2 Å². The van der Waals surface area contributed by atoms with Gasteiger partial charge in [0.25, 0.3) is 5.91 Å². The van der Waals surface area contributed by atoms with E-state index < -0.39 is 5.63 Å². The number of likely N-dealkylation sites (N-methyl/N-ethyl adjacent to an activating group) is 1. The van der Waals surface area contributed by atoms with Crippen LogP contribution in [0.15, 0.2) is 33.5 Å². The fourth-order valence-corrected chi connectivity index (χ4v) is 2.08. The third-order valence-electron chi connectivity index (χ3n) is 3.12. The number of hydrogen-bond acceptors (Lipinski definition) is 5. The Kier molecular flexibility index (Phi) is 5.16. The van der Waals surface area contributed by atoms with E-state index in [1.165, 1.54) is 6.07 Å². The zero-order valence-corrected chi connectivity index (χ0v) is 13.0. The molecule has 0 unspecified atom stereocenters. The highest BCUT2D eigenvalue weighted by Gasteiger charge is 2.13. The topological polar surface area (TPSA) is 71.8 Å². The average molecular weight is 304 g/mol. The maximum Gasteiger partial charge on any atom is 0.337 e. The maximum atomic E-state index is 12.3. The minimum Gasteiger partial charge on any atom is -0.494 e. The maximum absolute atomic E-state index is 12.3. The molecule has 1 aromatic carbocycles. The Hall–Kier alpha value is -2.34. The molecule has 0 saturated heterocycles. The molecular weight excluding hydrogens is 284 g/mol. The van der Waals surface area contributed by atoms with Crippen molar-refractivity contribution >= 4 is 16.9 Å². The van der Waals surface area contributed by atoms with Gasteiger partial charge in [-0.25, -0.2) is 4.79 Å². The number of ether oxygens (including phenoxy) is 1. The lowest BCUT2D eigenvalue weighted by molar-refractivity contribution is 0.0952. The van der Waals surface area contributed by atoms with E-state index >= 15 is 0 Å². The number of benzene rings is 1. The van der Waals surface area contributed by atoms with Crippen LogP contribution in [0.4, 0.5) is 0 Å². The molecule has 1 N–H and O–H groups in total. The second-order valence-corrected chi connectivity index (χ2v) is 5.13. The molecule has 1 aromatic heterocycles. The van der Waals surface area contributed by atoms with Gasteiger partial charge in [-0.15, -0.1) is 0 Å². The molecule has 0 aliphatic rings. The molecule has 1 heterocycles. The van der Waals surface area contributed by atoms with Gasteiger partial charge >= 0.3 is 5.63 Å². The highest BCUT2D eigenvalue weighted by Crippen LogP contribution is 2.22. The molecule has 22 heavy (non-hydrogen) atoms. The van der Waals surface area contributed by atoms with Crippen LogP contribution in [0.5, 0.6) is 5.75 Å². The van der Waals surface area contributed by atoms with Crippen molar-refractivity contribution in [3.63, 3.8) is 0 Å². The van der Waals surface area contributed by atoms with Gasteiger partial charge in [-0.1, -0.05) is 0 Å². The molecule has 2 rings (SSSR count). The van der Waals surface area contributed by atoms with Gasteiger partial charge in [-0.3, -0.25) is 4.79 Å². The third kappa shape index (κ3) is 3.85. The van der Waals surface area contributed by atoms with Crippen LogP contribution in [-0.2, 0) is 0 Å². The molecular formula is C16H20N2O4. The highest BCUT2D eigenvalue weighted by molar-refractivity contribution is 6.05. The van der Waals surface area contributed by atoms with E-state index in [2.05, 4.69) is 5.32 Å². The number of amides is 1. The molecule has 0 bridgehead atoms. The average Bonchev–Trinajstić information content (AvgIpc) is 2.45. The number of carbonyl (C=O) groups is 1. The van der Waals surface area contributed by atoms with Crippen molar-refractivity contribution in [1.82, 2.24) is 10.2 Å². The van der Waals surface area contributed by atoms with Gasteiger partial charge in [-0.2, -0.15) is 0 Å². The van der Waals surface area contributed by atoms with Crippen LogP contribution in [0.2, 0.25) is 0 Å². The predicted octanol–water partition coefficient (Wildman–Crippen LogP) is 1.48. The van der Waals surface area contributed by atoms with Gasteiger partial charge in [0, 0.05) is 30.6 Å². The normalized spacial score (nSPS) is 10.9. The van der Waals surface area contributed by atoms with E-state index in [9.17, 15) is 9.59 Å². The Morgan fingerprint density at radius 3 is 2.77 bits per heavy atom. The van der Waals surface area contributed by atoms with Crippen LogP contribution in [0, 0.1) is 0 Å². The first-order valence-corrected chi connectivity index (χ1v) is 7.15. The number of hydrogen-bond donors (Lipinski definition) is 1. The second-order valence-electron chi connectivity index (χ2n) is 5.13. The van der Waals surface area contributed by atoms with Gasteiger partial charge in [0.2, 0.25) is 0 Å². The summed E-state index contributed by atoms with van der Waals surface area (Å²) in [7, 11) is 3.85. The molecule has 0 saturated carbocycles. The standard InChI is InChI=1S/C16H20N2O4/c1-4-21-11-5-6-12-13(10-15(19)22-14(12)9-11)16(20)17-7-8-18(2)3/h5-6,9-10H,4,7-8H2,1-3H3,(H,17,20). The summed E-state index contributed by atoms with van der Waals surface area (Å²) in [6, 6.07) is 6.32. The van der Waals surface area contributed by atoms with Crippen LogP contribution in [0.1, 0.15) is 17.3 Å². The Morgan fingerprint density at radius 1 is 1.32 bits per heavy atom. The van der Waals surface area contributed by atoms with Gasteiger partial charge in [-0.05, 0) is 33.2 Å². The van der Waals surface area contributed by atoms with Crippen molar-refractivity contribution in [2.75, 3.05) is 33.8 Å². The fraction of sp³-hybridized carbons (Fsp3) is 0.375. The number of nitrogens with zero attached hydrogens (tertiary/aromatic N) is 1. The minimum atomic E-state index is -0.557. The first-order chi connectivity index (χ1) is 10.5. The van der Waals surface area contributed by atoms with Crippen LogP contribution in [0.25, 0.3) is 11.0 Å². The summed E-state index contributed by atoms with van der Waals surface area (Å²) >= 11 is 0. The van der Waals surface area contributed by atoms with Crippen LogP contribution in [-0.4, -0.2) is 44.6 Å². The number of nitrogens with one attached hydrogen (secondary N) is 1. The highest BCUT2D eigenvalue weighted by atomic mass is 16.5. The third-order valence-corrected chi connectivity index (χ3v) is 3.12. The molecule has 118 valence electrons. The first kappa shape index (κ1) is 16.0. The minimum absolute atomic E-state index is 0.288. The molecule has 0 aliphatic heterocycles. The summed E-state index contributed by atoms with van der Waals surface area (Å²) in [5, 5.41) is 3.39. The summed E-state index contributed by atoms with van der Waals surface area (Å²) in [6.07, 6.45) is 0. The van der Waals surface area contributed by atoms with Gasteiger partial charge < -0.3 is 19.4 Å². The van der Waals surface area contributed by atoms with E-state index in [0.29, 0.717) is 35.4 Å². The summed E-state index contributed by atoms with van der Waals surface area (Å²) in [6.45, 7) is 3.61. The van der Waals surface area contributed by atoms with E-state index in [0.717, 1.165) is 6.54 Å². The van der Waals surface area contributed by atoms with E-state index in [1.807, 2.05) is 25.9 Å². The first-order valence-electron chi connectivity index (χ1n) is 7.15. The Balaban J connectivity index is 2.32. The Labute approximate surface area is 128 Å². The summed E-state index contributed by atoms with van der Waals surface area (Å²) in [4.78, 5) is 25.9. The Morgan fingerprint density at radius 2 is 2.09 bits per heavy atom. The summed E-state index contributed by atoms with van der Waals surface area (Å²) < 4.78 is 10.5. The molecule has 6 nitrogen and oxygen atoms in total. The lowest BCUT2D eigenvalue weighted by Crippen LogP contribution is -2.31. The molecule has 0 atom stereocenters. The van der Waals surface area contributed by atoms with Crippen LogP contribution < -0.4 is 15.7 Å². The molecule has 0 aliphatic carbocycles. The molecule has 0 radical (unpaired) electrons. The van der Waals surface area contributed by atoms with Gasteiger partial charge in [0.15, 0.2) is 0 Å². The summed E-state index contributed by atoms with van der Waals surface area (Å²) in [5.74, 6) is 0.312. The van der Waals surface area contributed by atoms with Gasteiger partial charge in [0.1, 0.15) is 11.3 Å². The second kappa shape index (κ2) is 7.09. The number of rotatable bonds is 6. The van der Waals surface area contributed by atoms with Crippen molar-refractivity contribution in [1.29, 1.82) is 0 Å². The molecule has 0 fully saturated rings. The predicted molar refractivity (Wildman–Crippen MR) is 84.5 cm³/mol. The quantitative estimate of drug-likeness (QED) is 0.819. The van der Waals surface area contributed by atoms with Crippen molar-refractivity contribution in [3.05, 3.63) is 40.2 Å². The Bertz CT molecular complexity index is 722. The molecule has 0 spiro atoms. The number of carbonyl (C=O) groups excluding carboxylic acids is 1. The smallest absolute Gasteiger partial charge is 0.337 e. The lowest BCUT2D eigenvalue weighted by atomic mass is 10.1. The van der Waals surface area contributed by atoms with Crippen molar-refractivity contribution in [2.45, 2.75) is 6.92 Å². The summed E-state index contributed by atoms with van der Waals surface area (Å²) in [5.41, 5.74) is 0.100. The van der Waals surface area contributed by atoms with Gasteiger partial charge in [0.05, 0.1) is 12.2 Å². The van der Waals surface area contributed by atoms with E-state index in [4.69, 9.17) is 9.15 Å². The monoisotopic (exact) mass is 304 g/mol. The number of fused-ring (bicyclic) bond motifs is 1. The van der Waals surface area contributed by atoms with E-state index in [-0.39, 0.29) is 5.91 Å². The zero-order chi connectivity index (χ0) is 16.1. The molecule has 1 amide bonds. The van der Waals surface area contributed by atoms with Crippen LogP contribution in [0.3, 0.4) is 0 Å². The van der Waals surface area contributed by atoms with Crippen molar-refractivity contribution in [3.8, 4) is 5.75 Å². The van der Waals surface area contributed by atoms with Crippen molar-refractivity contribution in [2.24, 2.45) is 0 Å². The zero-order valence-electron chi connectivity index (χ0n) is 13.0. The van der Waals surface area contributed by atoms with Crippen molar-refractivity contribution < 1.29 is 13.9 Å². The largest absolute Gasteiger partial charge is 0.494 e.